The van der Waals surface area contributed by atoms with Gasteiger partial charge in [0.2, 0.25) is 0 Å². The molecular weight excluding hydrogens is 276 g/mol. The van der Waals surface area contributed by atoms with Gasteiger partial charge in [-0.2, -0.15) is 0 Å². The standard InChI is InChI=1S/C15H23ClN2S/c1-4-11(5-2)10-18(6-3)14-8-7-12(16)9-13(14)15(17)19/h7-9,11H,4-6,10H2,1-3H3,(H2,17,19). The van der Waals surface area contributed by atoms with E-state index in [-0.39, 0.29) is 0 Å². The molecule has 0 atom stereocenters. The molecule has 0 saturated carbocycles. The molecule has 0 heterocycles. The van der Waals surface area contributed by atoms with E-state index in [2.05, 4.69) is 25.7 Å². The molecule has 0 aliphatic carbocycles. The molecule has 0 spiro atoms. The number of hydrogen-bond acceptors (Lipinski definition) is 2. The molecule has 2 nitrogen and oxygen atoms in total. The Kier molecular flexibility index (Phi) is 6.59. The van der Waals surface area contributed by atoms with E-state index in [0.29, 0.717) is 15.9 Å². The highest BCUT2D eigenvalue weighted by molar-refractivity contribution is 7.80. The summed E-state index contributed by atoms with van der Waals surface area (Å²) in [4.78, 5) is 2.74. The maximum atomic E-state index is 6.04. The number of rotatable bonds is 7. The average molecular weight is 299 g/mol. The molecule has 0 amide bonds. The minimum absolute atomic E-state index is 0.403. The Balaban J connectivity index is 3.07. The van der Waals surface area contributed by atoms with Crippen LogP contribution in [0.15, 0.2) is 18.2 Å². The Labute approximate surface area is 126 Å². The number of halogens is 1. The quantitative estimate of drug-likeness (QED) is 0.764. The van der Waals surface area contributed by atoms with E-state index in [9.17, 15) is 0 Å². The lowest BCUT2D eigenvalue weighted by molar-refractivity contribution is 0.486. The second-order valence-corrected chi connectivity index (χ2v) is 5.62. The van der Waals surface area contributed by atoms with Crippen LogP contribution in [0.5, 0.6) is 0 Å². The van der Waals surface area contributed by atoms with E-state index in [4.69, 9.17) is 29.6 Å². The van der Waals surface area contributed by atoms with E-state index < -0.39 is 0 Å². The summed E-state index contributed by atoms with van der Waals surface area (Å²) in [7, 11) is 0. The fourth-order valence-electron chi connectivity index (χ4n) is 2.24. The van der Waals surface area contributed by atoms with Crippen LogP contribution in [0.1, 0.15) is 39.2 Å². The summed E-state index contributed by atoms with van der Waals surface area (Å²) in [6.07, 6.45) is 2.37. The van der Waals surface area contributed by atoms with Crippen molar-refractivity contribution in [2.75, 3.05) is 18.0 Å². The van der Waals surface area contributed by atoms with Gasteiger partial charge in [-0.25, -0.2) is 0 Å². The van der Waals surface area contributed by atoms with Crippen LogP contribution in [0.3, 0.4) is 0 Å². The first-order valence-electron chi connectivity index (χ1n) is 6.87. The van der Waals surface area contributed by atoms with Gasteiger partial charge in [-0.1, -0.05) is 50.5 Å². The largest absolute Gasteiger partial charge is 0.389 e. The minimum atomic E-state index is 0.403. The normalized spacial score (nSPS) is 10.8. The second-order valence-electron chi connectivity index (χ2n) is 4.75. The molecule has 1 aromatic rings. The van der Waals surface area contributed by atoms with Crippen LogP contribution in [-0.4, -0.2) is 18.1 Å². The van der Waals surface area contributed by atoms with Gasteiger partial charge in [-0.3, -0.25) is 0 Å². The molecule has 19 heavy (non-hydrogen) atoms. The van der Waals surface area contributed by atoms with Crippen molar-refractivity contribution in [2.45, 2.75) is 33.6 Å². The molecule has 0 bridgehead atoms. The zero-order valence-corrected chi connectivity index (χ0v) is 13.5. The lowest BCUT2D eigenvalue weighted by Crippen LogP contribution is -2.31. The highest BCUT2D eigenvalue weighted by Crippen LogP contribution is 2.26. The average Bonchev–Trinajstić information content (AvgIpc) is 2.40. The monoisotopic (exact) mass is 298 g/mol. The summed E-state index contributed by atoms with van der Waals surface area (Å²) in [5, 5.41) is 0.671. The van der Waals surface area contributed by atoms with Crippen molar-refractivity contribution in [3.8, 4) is 0 Å². The second kappa shape index (κ2) is 7.71. The SMILES string of the molecule is CCC(CC)CN(CC)c1ccc(Cl)cc1C(N)=S. The highest BCUT2D eigenvalue weighted by atomic mass is 35.5. The van der Waals surface area contributed by atoms with Crippen LogP contribution >= 0.6 is 23.8 Å². The van der Waals surface area contributed by atoms with Gasteiger partial charge < -0.3 is 10.6 Å². The number of thiocarbonyl (C=S) groups is 1. The number of nitrogens with zero attached hydrogens (tertiary/aromatic N) is 1. The molecule has 1 rings (SSSR count). The molecule has 0 aliphatic heterocycles. The van der Waals surface area contributed by atoms with E-state index in [1.54, 1.807) is 0 Å². The molecule has 0 fully saturated rings. The molecule has 0 aliphatic rings. The van der Waals surface area contributed by atoms with E-state index >= 15 is 0 Å². The van der Waals surface area contributed by atoms with Gasteiger partial charge in [0, 0.05) is 29.4 Å². The van der Waals surface area contributed by atoms with Crippen molar-refractivity contribution in [3.05, 3.63) is 28.8 Å². The number of nitrogens with two attached hydrogens (primary N) is 1. The molecule has 0 radical (unpaired) electrons. The summed E-state index contributed by atoms with van der Waals surface area (Å²) in [5.74, 6) is 0.690. The van der Waals surface area contributed by atoms with Gasteiger partial charge in [-0.05, 0) is 31.0 Å². The summed E-state index contributed by atoms with van der Waals surface area (Å²) >= 11 is 11.2. The first-order chi connectivity index (χ1) is 9.03. The third kappa shape index (κ3) is 4.36. The predicted octanol–water partition coefficient (Wildman–Crippen LogP) is 4.24. The third-order valence-electron chi connectivity index (χ3n) is 3.58. The molecule has 0 saturated heterocycles. The van der Waals surface area contributed by atoms with E-state index in [1.807, 2.05) is 18.2 Å². The predicted molar refractivity (Wildman–Crippen MR) is 89.3 cm³/mol. The number of hydrogen-bond donors (Lipinski definition) is 1. The molecule has 106 valence electrons. The Hall–Kier alpha value is -0.800. The van der Waals surface area contributed by atoms with Gasteiger partial charge in [0.25, 0.3) is 0 Å². The first-order valence-corrected chi connectivity index (χ1v) is 7.66. The molecule has 1 aromatic carbocycles. The fourth-order valence-corrected chi connectivity index (χ4v) is 2.57. The minimum Gasteiger partial charge on any atom is -0.389 e. The number of benzene rings is 1. The first kappa shape index (κ1) is 16.3. The summed E-state index contributed by atoms with van der Waals surface area (Å²) in [6.45, 7) is 8.59. The zero-order chi connectivity index (χ0) is 14.4. The van der Waals surface area contributed by atoms with Crippen molar-refractivity contribution < 1.29 is 0 Å². The summed E-state index contributed by atoms with van der Waals surface area (Å²) in [5.41, 5.74) is 7.78. The third-order valence-corrected chi connectivity index (χ3v) is 4.03. The zero-order valence-electron chi connectivity index (χ0n) is 11.9. The summed E-state index contributed by atoms with van der Waals surface area (Å²) in [6, 6.07) is 5.77. The van der Waals surface area contributed by atoms with Crippen molar-refractivity contribution in [2.24, 2.45) is 11.7 Å². The Morgan fingerprint density at radius 2 is 1.95 bits per heavy atom. The van der Waals surface area contributed by atoms with Crippen molar-refractivity contribution in [1.29, 1.82) is 0 Å². The van der Waals surface area contributed by atoms with Gasteiger partial charge in [-0.15, -0.1) is 0 Å². The number of anilines is 1. The van der Waals surface area contributed by atoms with Gasteiger partial charge in [0.05, 0.1) is 0 Å². The maximum absolute atomic E-state index is 6.04. The topological polar surface area (TPSA) is 29.3 Å². The molecule has 0 aromatic heterocycles. The van der Waals surface area contributed by atoms with Crippen LogP contribution in [0, 0.1) is 5.92 Å². The van der Waals surface area contributed by atoms with Crippen LogP contribution in [0.25, 0.3) is 0 Å². The molecular formula is C15H23ClN2S. The highest BCUT2D eigenvalue weighted by Gasteiger charge is 2.15. The van der Waals surface area contributed by atoms with Crippen LogP contribution < -0.4 is 10.6 Å². The van der Waals surface area contributed by atoms with Crippen molar-refractivity contribution in [3.63, 3.8) is 0 Å². The maximum Gasteiger partial charge on any atom is 0.106 e. The summed E-state index contributed by atoms with van der Waals surface area (Å²) < 4.78 is 0. The molecule has 2 N–H and O–H groups in total. The van der Waals surface area contributed by atoms with Gasteiger partial charge in [0.1, 0.15) is 4.99 Å². The van der Waals surface area contributed by atoms with Crippen molar-refractivity contribution >= 4 is 34.5 Å². The Bertz CT molecular complexity index is 430. The fraction of sp³-hybridized carbons (Fsp3) is 0.533. The smallest absolute Gasteiger partial charge is 0.106 e. The van der Waals surface area contributed by atoms with Gasteiger partial charge >= 0.3 is 0 Å². The lowest BCUT2D eigenvalue weighted by atomic mass is 10.0. The van der Waals surface area contributed by atoms with Crippen LogP contribution in [0.2, 0.25) is 5.02 Å². The van der Waals surface area contributed by atoms with Crippen molar-refractivity contribution in [1.82, 2.24) is 0 Å². The molecule has 0 unspecified atom stereocenters. The van der Waals surface area contributed by atoms with E-state index in [1.165, 1.54) is 12.8 Å². The van der Waals surface area contributed by atoms with E-state index in [0.717, 1.165) is 24.3 Å². The Morgan fingerprint density at radius 1 is 1.32 bits per heavy atom. The van der Waals surface area contributed by atoms with Gasteiger partial charge in [0.15, 0.2) is 0 Å². The Morgan fingerprint density at radius 3 is 2.42 bits per heavy atom. The van der Waals surface area contributed by atoms with Crippen LogP contribution in [0.4, 0.5) is 5.69 Å². The van der Waals surface area contributed by atoms with Crippen LogP contribution in [-0.2, 0) is 0 Å². The lowest BCUT2D eigenvalue weighted by Gasteiger charge is -2.29. The molecule has 4 heteroatoms.